The van der Waals surface area contributed by atoms with Gasteiger partial charge in [0.15, 0.2) is 0 Å². The standard InChI is InChI=1S/C29H29F2NO4/c1-18-25-16-23(34)7-10-26(25)36-28(27(18)20-3-2-4-22(33)15-20)19-5-8-24(9-6-19)35-14-13-32-12-11-21(17-32)29(30)31/h2-10,15-16,21,28-29,33-34H,11-14,17H2,1H3/t21-,28?/m1/s1. The van der Waals surface area contributed by atoms with E-state index in [1.54, 1.807) is 36.4 Å². The van der Waals surface area contributed by atoms with Crippen LogP contribution in [0.15, 0.2) is 66.7 Å². The third-order valence-corrected chi connectivity index (χ3v) is 6.96. The summed E-state index contributed by atoms with van der Waals surface area (Å²) in [5.74, 6) is 1.16. The third-order valence-electron chi connectivity index (χ3n) is 6.96. The maximum atomic E-state index is 12.9. The topological polar surface area (TPSA) is 62.2 Å². The molecule has 7 heteroatoms. The second-order valence-electron chi connectivity index (χ2n) is 9.37. The zero-order valence-electron chi connectivity index (χ0n) is 20.0. The Bertz CT molecular complexity index is 1260. The molecule has 3 aromatic rings. The monoisotopic (exact) mass is 493 g/mol. The Balaban J connectivity index is 1.34. The number of allylic oxidation sites excluding steroid dienone is 1. The number of phenols is 2. The number of ether oxygens (including phenoxy) is 2. The normalized spacial score (nSPS) is 19.9. The van der Waals surface area contributed by atoms with E-state index in [0.717, 1.165) is 27.8 Å². The van der Waals surface area contributed by atoms with Gasteiger partial charge >= 0.3 is 0 Å². The van der Waals surface area contributed by atoms with Gasteiger partial charge in [0.25, 0.3) is 0 Å². The molecule has 0 aromatic heterocycles. The van der Waals surface area contributed by atoms with E-state index in [-0.39, 0.29) is 11.5 Å². The largest absolute Gasteiger partial charge is 0.508 e. The molecule has 0 amide bonds. The van der Waals surface area contributed by atoms with Crippen molar-refractivity contribution in [2.45, 2.75) is 25.9 Å². The molecule has 188 valence electrons. The summed E-state index contributed by atoms with van der Waals surface area (Å²) in [7, 11) is 0. The smallest absolute Gasteiger partial charge is 0.242 e. The predicted octanol–water partition coefficient (Wildman–Crippen LogP) is 6.13. The number of likely N-dealkylation sites (tertiary alicyclic amines) is 1. The summed E-state index contributed by atoms with van der Waals surface area (Å²) < 4.78 is 38.0. The molecule has 1 unspecified atom stereocenters. The van der Waals surface area contributed by atoms with Crippen LogP contribution in [0, 0.1) is 5.92 Å². The lowest BCUT2D eigenvalue weighted by molar-refractivity contribution is 0.0796. The molecule has 3 aromatic carbocycles. The van der Waals surface area contributed by atoms with Crippen LogP contribution in [0.3, 0.4) is 0 Å². The van der Waals surface area contributed by atoms with E-state index in [1.165, 1.54) is 0 Å². The van der Waals surface area contributed by atoms with Gasteiger partial charge in [-0.3, -0.25) is 4.90 Å². The van der Waals surface area contributed by atoms with Crippen molar-refractivity contribution < 1.29 is 28.5 Å². The highest BCUT2D eigenvalue weighted by atomic mass is 19.3. The van der Waals surface area contributed by atoms with Gasteiger partial charge in [0.2, 0.25) is 6.43 Å². The average molecular weight is 494 g/mol. The molecule has 2 aliphatic heterocycles. The van der Waals surface area contributed by atoms with Crippen molar-refractivity contribution in [2.75, 3.05) is 26.2 Å². The van der Waals surface area contributed by atoms with Gasteiger partial charge < -0.3 is 19.7 Å². The minimum Gasteiger partial charge on any atom is -0.508 e. The number of aromatic hydroxyl groups is 2. The lowest BCUT2D eigenvalue weighted by atomic mass is 9.86. The summed E-state index contributed by atoms with van der Waals surface area (Å²) in [6.45, 7) is 4.13. The first kappa shape index (κ1) is 24.1. The summed E-state index contributed by atoms with van der Waals surface area (Å²) in [5, 5.41) is 20.1. The van der Waals surface area contributed by atoms with Gasteiger partial charge in [0.05, 0.1) is 0 Å². The first-order valence-corrected chi connectivity index (χ1v) is 12.1. The maximum absolute atomic E-state index is 12.9. The molecule has 0 radical (unpaired) electrons. The van der Waals surface area contributed by atoms with Crippen molar-refractivity contribution in [3.8, 4) is 23.0 Å². The zero-order chi connectivity index (χ0) is 25.2. The molecule has 2 heterocycles. The van der Waals surface area contributed by atoms with Crippen molar-refractivity contribution in [2.24, 2.45) is 5.92 Å². The molecule has 0 spiro atoms. The predicted molar refractivity (Wildman–Crippen MR) is 135 cm³/mol. The summed E-state index contributed by atoms with van der Waals surface area (Å²) >= 11 is 0. The van der Waals surface area contributed by atoms with E-state index >= 15 is 0 Å². The van der Waals surface area contributed by atoms with Gasteiger partial charge in [-0.2, -0.15) is 0 Å². The van der Waals surface area contributed by atoms with Crippen LogP contribution in [0.25, 0.3) is 11.1 Å². The SMILES string of the molecule is CC1=C(c2cccc(O)c2)C(c2ccc(OCCN3CC[C@@H](C(F)F)C3)cc2)Oc2ccc(O)cc21. The van der Waals surface area contributed by atoms with Crippen LogP contribution in [-0.4, -0.2) is 47.8 Å². The Morgan fingerprint density at radius 3 is 2.53 bits per heavy atom. The molecule has 0 saturated carbocycles. The van der Waals surface area contributed by atoms with Gasteiger partial charge in [0, 0.05) is 30.1 Å². The lowest BCUT2D eigenvalue weighted by Gasteiger charge is -2.31. The van der Waals surface area contributed by atoms with Crippen LogP contribution in [0.1, 0.15) is 36.1 Å². The van der Waals surface area contributed by atoms with Crippen molar-refractivity contribution in [1.82, 2.24) is 4.90 Å². The number of alkyl halides is 2. The van der Waals surface area contributed by atoms with E-state index < -0.39 is 18.4 Å². The fourth-order valence-corrected chi connectivity index (χ4v) is 5.02. The van der Waals surface area contributed by atoms with Gasteiger partial charge in [0.1, 0.15) is 35.7 Å². The Kier molecular flexibility index (Phi) is 6.83. The van der Waals surface area contributed by atoms with Crippen molar-refractivity contribution in [1.29, 1.82) is 0 Å². The van der Waals surface area contributed by atoms with Crippen LogP contribution in [0.5, 0.6) is 23.0 Å². The van der Waals surface area contributed by atoms with Gasteiger partial charge in [-0.15, -0.1) is 0 Å². The molecule has 0 aliphatic carbocycles. The molecule has 5 nitrogen and oxygen atoms in total. The van der Waals surface area contributed by atoms with Crippen LogP contribution >= 0.6 is 0 Å². The highest BCUT2D eigenvalue weighted by molar-refractivity contribution is 5.95. The van der Waals surface area contributed by atoms with Crippen LogP contribution < -0.4 is 9.47 Å². The summed E-state index contributed by atoms with van der Waals surface area (Å²) in [6.07, 6.45) is -2.15. The minimum absolute atomic E-state index is 0.158. The number of hydrogen-bond acceptors (Lipinski definition) is 5. The first-order valence-electron chi connectivity index (χ1n) is 12.1. The molecule has 1 fully saturated rings. The number of fused-ring (bicyclic) bond motifs is 1. The number of phenolic OH excluding ortho intramolecular Hbond substituents is 2. The first-order chi connectivity index (χ1) is 17.4. The summed E-state index contributed by atoms with van der Waals surface area (Å²) in [4.78, 5) is 2.02. The molecule has 2 N–H and O–H groups in total. The summed E-state index contributed by atoms with van der Waals surface area (Å²) in [6, 6.07) is 19.8. The number of halogens is 2. The van der Waals surface area contributed by atoms with E-state index in [4.69, 9.17) is 9.47 Å². The third kappa shape index (κ3) is 5.02. The highest BCUT2D eigenvalue weighted by Crippen LogP contribution is 2.47. The second-order valence-corrected chi connectivity index (χ2v) is 9.37. The van der Waals surface area contributed by atoms with Crippen LogP contribution in [0.2, 0.25) is 0 Å². The zero-order valence-corrected chi connectivity index (χ0v) is 20.0. The number of nitrogens with zero attached hydrogens (tertiary/aromatic N) is 1. The average Bonchev–Trinajstić information content (AvgIpc) is 3.34. The van der Waals surface area contributed by atoms with E-state index in [9.17, 15) is 19.0 Å². The van der Waals surface area contributed by atoms with E-state index in [0.29, 0.717) is 44.2 Å². The molecule has 0 bridgehead atoms. The molecule has 2 atom stereocenters. The Morgan fingerprint density at radius 1 is 1.03 bits per heavy atom. The second kappa shape index (κ2) is 10.2. The number of benzene rings is 3. The fraction of sp³-hybridized carbons (Fsp3) is 0.310. The molecule has 1 saturated heterocycles. The molecule has 36 heavy (non-hydrogen) atoms. The van der Waals surface area contributed by atoms with Gasteiger partial charge in [-0.25, -0.2) is 8.78 Å². The van der Waals surface area contributed by atoms with E-state index in [1.807, 2.05) is 42.2 Å². The van der Waals surface area contributed by atoms with Crippen molar-refractivity contribution in [3.05, 3.63) is 83.4 Å². The molecular weight excluding hydrogens is 464 g/mol. The van der Waals surface area contributed by atoms with E-state index in [2.05, 4.69) is 0 Å². The quantitative estimate of drug-likeness (QED) is 0.415. The minimum atomic E-state index is -2.26. The molecule has 5 rings (SSSR count). The van der Waals surface area contributed by atoms with Crippen molar-refractivity contribution >= 4 is 11.1 Å². The molecule has 2 aliphatic rings. The molecular formula is C29H29F2NO4. The lowest BCUT2D eigenvalue weighted by Crippen LogP contribution is -2.27. The van der Waals surface area contributed by atoms with Gasteiger partial charge in [-0.05, 0) is 79.1 Å². The van der Waals surface area contributed by atoms with Crippen molar-refractivity contribution in [3.63, 3.8) is 0 Å². The highest BCUT2D eigenvalue weighted by Gasteiger charge is 2.30. The Labute approximate surface area is 209 Å². The Hall–Kier alpha value is -3.58. The number of rotatable bonds is 7. The number of hydrogen-bond donors (Lipinski definition) is 2. The van der Waals surface area contributed by atoms with Gasteiger partial charge in [-0.1, -0.05) is 24.3 Å². The van der Waals surface area contributed by atoms with Crippen LogP contribution in [-0.2, 0) is 0 Å². The van der Waals surface area contributed by atoms with Crippen LogP contribution in [0.4, 0.5) is 8.78 Å². The maximum Gasteiger partial charge on any atom is 0.242 e. The Morgan fingerprint density at radius 2 is 1.81 bits per heavy atom. The summed E-state index contributed by atoms with van der Waals surface area (Å²) in [5.41, 5.74) is 4.41. The fourth-order valence-electron chi connectivity index (χ4n) is 5.02.